The zero-order valence-electron chi connectivity index (χ0n) is 15.8. The zero-order chi connectivity index (χ0) is 20.1. The highest BCUT2D eigenvalue weighted by atomic mass is 32.2. The number of nitrogens with zero attached hydrogens (tertiary/aromatic N) is 4. The number of carbonyl (C=O) groups is 1. The third-order valence-corrected chi connectivity index (χ3v) is 5.61. The van der Waals surface area contributed by atoms with Crippen LogP contribution in [0.3, 0.4) is 0 Å². The van der Waals surface area contributed by atoms with Crippen molar-refractivity contribution in [3.63, 3.8) is 0 Å². The maximum Gasteiger partial charge on any atom is 0.196 e. The lowest BCUT2D eigenvalue weighted by Gasteiger charge is -2.26. The minimum absolute atomic E-state index is 0.0765. The van der Waals surface area contributed by atoms with Gasteiger partial charge in [0.05, 0.1) is 25.5 Å². The van der Waals surface area contributed by atoms with Gasteiger partial charge in [0.15, 0.2) is 16.8 Å². The van der Waals surface area contributed by atoms with Crippen molar-refractivity contribution in [2.45, 2.75) is 11.7 Å². The van der Waals surface area contributed by atoms with Crippen LogP contribution >= 0.6 is 11.8 Å². The summed E-state index contributed by atoms with van der Waals surface area (Å²) >= 11 is 1.33. The van der Waals surface area contributed by atoms with E-state index in [1.54, 1.807) is 0 Å². The van der Waals surface area contributed by atoms with E-state index in [0.717, 1.165) is 24.6 Å². The molecule has 1 aliphatic heterocycles. The number of para-hydroxylation sites is 1. The first kappa shape index (κ1) is 19.8. The van der Waals surface area contributed by atoms with Crippen LogP contribution in [0.1, 0.15) is 16.2 Å². The molecule has 1 aliphatic rings. The normalized spacial score (nSPS) is 14.8. The van der Waals surface area contributed by atoms with E-state index in [2.05, 4.69) is 15.1 Å². The van der Waals surface area contributed by atoms with E-state index in [4.69, 9.17) is 4.74 Å². The van der Waals surface area contributed by atoms with Crippen LogP contribution in [0.25, 0.3) is 5.69 Å². The molecule has 2 heterocycles. The quantitative estimate of drug-likeness (QED) is 0.439. The summed E-state index contributed by atoms with van der Waals surface area (Å²) in [7, 11) is 0. The lowest BCUT2D eigenvalue weighted by atomic mass is 10.1. The lowest BCUT2D eigenvalue weighted by molar-refractivity contribution is 0.0328. The van der Waals surface area contributed by atoms with Crippen LogP contribution in [0.5, 0.6) is 0 Å². The molecule has 0 saturated carbocycles. The number of thioether (sulfide) groups is 1. The van der Waals surface area contributed by atoms with E-state index >= 15 is 0 Å². The zero-order valence-corrected chi connectivity index (χ0v) is 16.6. The number of Topliss-reactive ketones (excluding diaryl/α,β-unsaturated/α-hetero) is 1. The van der Waals surface area contributed by atoms with Crippen molar-refractivity contribution in [1.29, 1.82) is 0 Å². The number of ketones is 1. The summed E-state index contributed by atoms with van der Waals surface area (Å²) < 4.78 is 20.5. The van der Waals surface area contributed by atoms with Crippen LogP contribution in [0.2, 0.25) is 0 Å². The Labute approximate surface area is 172 Å². The van der Waals surface area contributed by atoms with Crippen LogP contribution in [0.15, 0.2) is 59.8 Å². The van der Waals surface area contributed by atoms with Gasteiger partial charge in [-0.05, 0) is 36.4 Å². The molecule has 3 aromatic rings. The maximum atomic E-state index is 13.1. The van der Waals surface area contributed by atoms with Crippen LogP contribution < -0.4 is 0 Å². The highest BCUT2D eigenvalue weighted by molar-refractivity contribution is 7.99. The van der Waals surface area contributed by atoms with Gasteiger partial charge < -0.3 is 4.74 Å². The number of benzene rings is 2. The molecule has 0 atom stereocenters. The van der Waals surface area contributed by atoms with Gasteiger partial charge in [0.2, 0.25) is 0 Å². The largest absolute Gasteiger partial charge is 0.379 e. The van der Waals surface area contributed by atoms with Crippen molar-refractivity contribution >= 4 is 17.5 Å². The number of aromatic nitrogens is 3. The summed E-state index contributed by atoms with van der Waals surface area (Å²) in [6.45, 7) is 3.80. The fourth-order valence-electron chi connectivity index (χ4n) is 3.14. The molecule has 4 rings (SSSR count). The molecule has 1 fully saturated rings. The Hall–Kier alpha value is -2.55. The molecule has 6 nitrogen and oxygen atoms in total. The van der Waals surface area contributed by atoms with E-state index in [9.17, 15) is 9.18 Å². The van der Waals surface area contributed by atoms with Gasteiger partial charge in [-0.1, -0.05) is 30.0 Å². The standard InChI is InChI=1S/C21H21FN4O2S/c22-17-8-6-16(7-9-17)19(27)15-29-21-24-23-20(14-25-10-12-28-13-11-25)26(21)18-4-2-1-3-5-18/h1-9H,10-15H2. The van der Waals surface area contributed by atoms with Gasteiger partial charge in [0, 0.05) is 24.3 Å². The number of halogens is 1. The summed E-state index contributed by atoms with van der Waals surface area (Å²) in [5, 5.41) is 9.40. The lowest BCUT2D eigenvalue weighted by Crippen LogP contribution is -2.36. The van der Waals surface area contributed by atoms with Gasteiger partial charge in [-0.15, -0.1) is 10.2 Å². The number of ether oxygens (including phenoxy) is 1. The van der Waals surface area contributed by atoms with E-state index < -0.39 is 0 Å². The van der Waals surface area contributed by atoms with E-state index in [-0.39, 0.29) is 17.4 Å². The number of carbonyl (C=O) groups excluding carboxylic acids is 1. The van der Waals surface area contributed by atoms with Crippen LogP contribution in [0, 0.1) is 5.82 Å². The number of hydrogen-bond acceptors (Lipinski definition) is 6. The fraction of sp³-hybridized carbons (Fsp3) is 0.286. The maximum absolute atomic E-state index is 13.1. The van der Waals surface area contributed by atoms with Crippen molar-refractivity contribution in [2.24, 2.45) is 0 Å². The Bertz CT molecular complexity index is 957. The fourth-order valence-corrected chi connectivity index (χ4v) is 4.01. The first-order valence-corrected chi connectivity index (χ1v) is 10.4. The van der Waals surface area contributed by atoms with Crippen molar-refractivity contribution in [2.75, 3.05) is 32.1 Å². The Morgan fingerprint density at radius 3 is 2.48 bits per heavy atom. The first-order chi connectivity index (χ1) is 14.2. The van der Waals surface area contributed by atoms with Gasteiger partial charge in [0.25, 0.3) is 0 Å². The van der Waals surface area contributed by atoms with Gasteiger partial charge in [-0.3, -0.25) is 14.3 Å². The predicted molar refractivity (Wildman–Crippen MR) is 109 cm³/mol. The second-order valence-electron chi connectivity index (χ2n) is 6.68. The molecular weight excluding hydrogens is 391 g/mol. The third-order valence-electron chi connectivity index (χ3n) is 4.68. The molecule has 1 saturated heterocycles. The molecule has 150 valence electrons. The van der Waals surface area contributed by atoms with Crippen molar-refractivity contribution < 1.29 is 13.9 Å². The molecule has 1 aromatic heterocycles. The molecule has 0 unspecified atom stereocenters. The SMILES string of the molecule is O=C(CSc1nnc(CN2CCOCC2)n1-c1ccccc1)c1ccc(F)cc1. The summed E-state index contributed by atoms with van der Waals surface area (Å²) in [4.78, 5) is 14.8. The van der Waals surface area contributed by atoms with Gasteiger partial charge in [-0.2, -0.15) is 0 Å². The Balaban J connectivity index is 1.54. The number of morpholine rings is 1. The van der Waals surface area contributed by atoms with Crippen molar-refractivity contribution in [1.82, 2.24) is 19.7 Å². The average Bonchev–Trinajstić information content (AvgIpc) is 3.16. The minimum Gasteiger partial charge on any atom is -0.379 e. The second-order valence-corrected chi connectivity index (χ2v) is 7.62. The van der Waals surface area contributed by atoms with E-state index in [1.165, 1.54) is 36.0 Å². The molecular formula is C21H21FN4O2S. The summed E-state index contributed by atoms with van der Waals surface area (Å²) in [6.07, 6.45) is 0. The van der Waals surface area contributed by atoms with Crippen molar-refractivity contribution in [3.05, 3.63) is 71.8 Å². The molecule has 0 radical (unpaired) electrons. The molecule has 0 amide bonds. The summed E-state index contributed by atoms with van der Waals surface area (Å²) in [5.74, 6) is 0.599. The number of rotatable bonds is 7. The predicted octanol–water partition coefficient (Wildman–Crippen LogP) is 3.21. The topological polar surface area (TPSA) is 60.3 Å². The molecule has 0 spiro atoms. The van der Waals surface area contributed by atoms with Crippen LogP contribution in [-0.2, 0) is 11.3 Å². The average molecular weight is 412 g/mol. The molecule has 0 bridgehead atoms. The first-order valence-electron chi connectivity index (χ1n) is 9.42. The molecule has 8 heteroatoms. The molecule has 0 aliphatic carbocycles. The summed E-state index contributed by atoms with van der Waals surface area (Å²) in [5.41, 5.74) is 1.44. The monoisotopic (exact) mass is 412 g/mol. The highest BCUT2D eigenvalue weighted by Gasteiger charge is 2.19. The van der Waals surface area contributed by atoms with Crippen LogP contribution in [-0.4, -0.2) is 57.5 Å². The minimum atomic E-state index is -0.356. The van der Waals surface area contributed by atoms with E-state index in [1.807, 2.05) is 34.9 Å². The third kappa shape index (κ3) is 4.90. The smallest absolute Gasteiger partial charge is 0.196 e. The summed E-state index contributed by atoms with van der Waals surface area (Å²) in [6, 6.07) is 15.5. The molecule has 0 N–H and O–H groups in total. The Morgan fingerprint density at radius 2 is 1.76 bits per heavy atom. The van der Waals surface area contributed by atoms with Gasteiger partial charge >= 0.3 is 0 Å². The van der Waals surface area contributed by atoms with Gasteiger partial charge in [0.1, 0.15) is 5.82 Å². The second kappa shape index (κ2) is 9.30. The highest BCUT2D eigenvalue weighted by Crippen LogP contribution is 2.24. The van der Waals surface area contributed by atoms with Crippen LogP contribution in [0.4, 0.5) is 4.39 Å². The molecule has 29 heavy (non-hydrogen) atoms. The van der Waals surface area contributed by atoms with Gasteiger partial charge in [-0.25, -0.2) is 4.39 Å². The van der Waals surface area contributed by atoms with E-state index in [0.29, 0.717) is 30.5 Å². The Morgan fingerprint density at radius 1 is 1.03 bits per heavy atom. The Kier molecular flexibility index (Phi) is 6.33. The van der Waals surface area contributed by atoms with Crippen molar-refractivity contribution in [3.8, 4) is 5.69 Å². The molecule has 2 aromatic carbocycles. The number of hydrogen-bond donors (Lipinski definition) is 0.